The Hall–Kier alpha value is -2.61. The molecule has 0 unspecified atom stereocenters. The third-order valence-electron chi connectivity index (χ3n) is 4.37. The van der Waals surface area contributed by atoms with Crippen molar-refractivity contribution >= 4 is 21.4 Å². The zero-order valence-electron chi connectivity index (χ0n) is 14.7. The molecule has 8 heteroatoms. The molecule has 1 amide bonds. The topological polar surface area (TPSA) is 103 Å². The van der Waals surface area contributed by atoms with Crippen LogP contribution in [0.1, 0.15) is 31.4 Å². The average Bonchev–Trinajstić information content (AvgIpc) is 3.06. The fraction of sp³-hybridized carbons (Fsp3) is 0.333. The van der Waals surface area contributed by atoms with Crippen LogP contribution in [0, 0.1) is 0 Å². The summed E-state index contributed by atoms with van der Waals surface area (Å²) in [5, 5.41) is -0.0130. The van der Waals surface area contributed by atoms with Crippen molar-refractivity contribution in [1.29, 1.82) is 0 Å². The monoisotopic (exact) mass is 375 g/mol. The summed E-state index contributed by atoms with van der Waals surface area (Å²) < 4.78 is 28.9. The number of amides is 1. The van der Waals surface area contributed by atoms with Crippen molar-refractivity contribution in [3.63, 3.8) is 0 Å². The number of nitrogens with two attached hydrogens (primary N) is 1. The minimum Gasteiger partial charge on any atom is -0.455 e. The predicted octanol–water partition coefficient (Wildman–Crippen LogP) is 2.54. The lowest BCUT2D eigenvalue weighted by atomic mass is 10.0. The van der Waals surface area contributed by atoms with Crippen LogP contribution in [0.3, 0.4) is 0 Å². The molecule has 1 aromatic carbocycles. The van der Waals surface area contributed by atoms with E-state index in [1.54, 1.807) is 25.1 Å². The molecule has 2 heterocycles. The molecule has 0 aliphatic carbocycles. The number of likely N-dealkylation sites (tertiary alicyclic amines) is 1. The second kappa shape index (κ2) is 6.95. The smallest absolute Gasteiger partial charge is 0.219 e. The average molecular weight is 375 g/mol. The van der Waals surface area contributed by atoms with Gasteiger partial charge in [-0.15, -0.1) is 0 Å². The summed E-state index contributed by atoms with van der Waals surface area (Å²) >= 11 is 0. The van der Waals surface area contributed by atoms with Crippen LogP contribution in [0.4, 0.5) is 5.69 Å². The first-order valence-electron chi connectivity index (χ1n) is 8.26. The number of aromatic nitrogens is 1. The summed E-state index contributed by atoms with van der Waals surface area (Å²) in [5.74, 6) is 1.00. The Morgan fingerprint density at radius 1 is 1.31 bits per heavy atom. The van der Waals surface area contributed by atoms with E-state index in [-0.39, 0.29) is 17.0 Å². The molecule has 1 aliphatic rings. The first-order chi connectivity index (χ1) is 12.3. The standard InChI is InChI=1S/C18H21N3O4S/c1-12(22)21-9-3-4-16(21)15-10-13(19)5-7-17(15)25-14-6-8-18(20-11-14)26(2,23)24/h5-8,10-11,16H,3-4,9,19H2,1-2H3/t16-/m1/s1. The normalized spacial score (nSPS) is 17.3. The van der Waals surface area contributed by atoms with Crippen molar-refractivity contribution in [1.82, 2.24) is 9.88 Å². The summed E-state index contributed by atoms with van der Waals surface area (Å²) in [5.41, 5.74) is 7.37. The van der Waals surface area contributed by atoms with Crippen molar-refractivity contribution in [2.45, 2.75) is 30.8 Å². The van der Waals surface area contributed by atoms with Crippen LogP contribution >= 0.6 is 0 Å². The third-order valence-corrected chi connectivity index (χ3v) is 5.37. The van der Waals surface area contributed by atoms with Gasteiger partial charge < -0.3 is 15.4 Å². The number of ether oxygens (including phenoxy) is 1. The SMILES string of the molecule is CC(=O)N1CCC[C@@H]1c1cc(N)ccc1Oc1ccc(S(C)(=O)=O)nc1. The molecule has 1 saturated heterocycles. The van der Waals surface area contributed by atoms with Gasteiger partial charge in [0.15, 0.2) is 14.9 Å². The van der Waals surface area contributed by atoms with Crippen LogP contribution in [0.25, 0.3) is 0 Å². The van der Waals surface area contributed by atoms with Gasteiger partial charge >= 0.3 is 0 Å². The highest BCUT2D eigenvalue weighted by atomic mass is 32.2. The lowest BCUT2D eigenvalue weighted by molar-refractivity contribution is -0.129. The molecule has 3 rings (SSSR count). The highest BCUT2D eigenvalue weighted by Gasteiger charge is 2.30. The van der Waals surface area contributed by atoms with Crippen LogP contribution in [0.5, 0.6) is 11.5 Å². The van der Waals surface area contributed by atoms with Gasteiger partial charge in [0.2, 0.25) is 5.91 Å². The summed E-state index contributed by atoms with van der Waals surface area (Å²) in [6.07, 6.45) is 4.23. The molecule has 1 aromatic heterocycles. The van der Waals surface area contributed by atoms with E-state index in [0.717, 1.165) is 24.7 Å². The maximum Gasteiger partial charge on any atom is 0.219 e. The number of benzene rings is 1. The zero-order valence-corrected chi connectivity index (χ0v) is 15.5. The quantitative estimate of drug-likeness (QED) is 0.824. The molecule has 2 N–H and O–H groups in total. The van der Waals surface area contributed by atoms with E-state index >= 15 is 0 Å². The number of nitrogen functional groups attached to an aromatic ring is 1. The van der Waals surface area contributed by atoms with Crippen LogP contribution in [0.15, 0.2) is 41.6 Å². The van der Waals surface area contributed by atoms with E-state index < -0.39 is 9.84 Å². The number of anilines is 1. The Morgan fingerprint density at radius 3 is 2.69 bits per heavy atom. The van der Waals surface area contributed by atoms with E-state index in [1.807, 2.05) is 11.0 Å². The van der Waals surface area contributed by atoms with Crippen LogP contribution < -0.4 is 10.5 Å². The molecule has 1 aliphatic heterocycles. The Labute approximate surface area is 152 Å². The lowest BCUT2D eigenvalue weighted by Gasteiger charge is -2.25. The largest absolute Gasteiger partial charge is 0.455 e. The van der Waals surface area contributed by atoms with Gasteiger partial charge in [-0.3, -0.25) is 4.79 Å². The molecule has 0 radical (unpaired) electrons. The first kappa shape index (κ1) is 18.2. The molecule has 1 fully saturated rings. The van der Waals surface area contributed by atoms with Crippen LogP contribution in [-0.2, 0) is 14.6 Å². The molecule has 0 bridgehead atoms. The van der Waals surface area contributed by atoms with Crippen LogP contribution in [0.2, 0.25) is 0 Å². The predicted molar refractivity (Wildman–Crippen MR) is 97.6 cm³/mol. The van der Waals surface area contributed by atoms with Gasteiger partial charge in [-0.1, -0.05) is 0 Å². The molecule has 1 atom stereocenters. The lowest BCUT2D eigenvalue weighted by Crippen LogP contribution is -2.28. The minimum absolute atomic E-state index is 0.0130. The molecule has 0 saturated carbocycles. The maximum atomic E-state index is 11.9. The number of pyridine rings is 1. The van der Waals surface area contributed by atoms with Crippen LogP contribution in [-0.4, -0.2) is 37.0 Å². The van der Waals surface area contributed by atoms with Crippen molar-refractivity contribution in [3.05, 3.63) is 42.1 Å². The number of carbonyl (C=O) groups excluding carboxylic acids is 1. The van der Waals surface area contributed by atoms with E-state index in [0.29, 0.717) is 23.7 Å². The van der Waals surface area contributed by atoms with Gasteiger partial charge in [-0.05, 0) is 43.2 Å². The van der Waals surface area contributed by atoms with Gasteiger partial charge in [0, 0.05) is 31.0 Å². The zero-order chi connectivity index (χ0) is 18.9. The molecular formula is C18H21N3O4S. The summed E-state index contributed by atoms with van der Waals surface area (Å²) in [6.45, 7) is 2.26. The number of carbonyl (C=O) groups is 1. The number of sulfone groups is 1. The third kappa shape index (κ3) is 3.80. The number of hydrogen-bond donors (Lipinski definition) is 1. The Kier molecular flexibility index (Phi) is 4.86. The van der Waals surface area contributed by atoms with Gasteiger partial charge in [0.05, 0.1) is 12.2 Å². The van der Waals surface area contributed by atoms with Gasteiger partial charge in [-0.2, -0.15) is 0 Å². The van der Waals surface area contributed by atoms with Gasteiger partial charge in [0.25, 0.3) is 0 Å². The van der Waals surface area contributed by atoms with Gasteiger partial charge in [-0.25, -0.2) is 13.4 Å². The number of hydrogen-bond acceptors (Lipinski definition) is 6. The van der Waals surface area contributed by atoms with E-state index in [9.17, 15) is 13.2 Å². The Morgan fingerprint density at radius 2 is 2.08 bits per heavy atom. The van der Waals surface area contributed by atoms with E-state index in [4.69, 9.17) is 10.5 Å². The fourth-order valence-electron chi connectivity index (χ4n) is 3.16. The number of rotatable bonds is 4. The second-order valence-corrected chi connectivity index (χ2v) is 8.34. The van der Waals surface area contributed by atoms with Crippen molar-refractivity contribution in [3.8, 4) is 11.5 Å². The van der Waals surface area contributed by atoms with E-state index in [2.05, 4.69) is 4.98 Å². The molecule has 138 valence electrons. The number of nitrogens with zero attached hydrogens (tertiary/aromatic N) is 2. The molecule has 7 nitrogen and oxygen atoms in total. The maximum absolute atomic E-state index is 11.9. The minimum atomic E-state index is -3.36. The second-order valence-electron chi connectivity index (χ2n) is 6.37. The summed E-state index contributed by atoms with van der Waals surface area (Å²) in [6, 6.07) is 8.17. The molecule has 0 spiro atoms. The highest BCUT2D eigenvalue weighted by molar-refractivity contribution is 7.90. The molecule has 2 aromatic rings. The van der Waals surface area contributed by atoms with Crippen molar-refractivity contribution in [2.75, 3.05) is 18.5 Å². The van der Waals surface area contributed by atoms with Crippen molar-refractivity contribution in [2.24, 2.45) is 0 Å². The highest BCUT2D eigenvalue weighted by Crippen LogP contribution is 2.39. The summed E-state index contributed by atoms with van der Waals surface area (Å²) in [4.78, 5) is 17.6. The Balaban J connectivity index is 1.92. The van der Waals surface area contributed by atoms with Crippen molar-refractivity contribution < 1.29 is 17.9 Å². The Bertz CT molecular complexity index is 926. The summed E-state index contributed by atoms with van der Waals surface area (Å²) in [7, 11) is -3.36. The fourth-order valence-corrected chi connectivity index (χ4v) is 3.72. The first-order valence-corrected chi connectivity index (χ1v) is 10.2. The van der Waals surface area contributed by atoms with E-state index in [1.165, 1.54) is 12.3 Å². The molecular weight excluding hydrogens is 354 g/mol. The van der Waals surface area contributed by atoms with Gasteiger partial charge in [0.1, 0.15) is 11.5 Å². The molecule has 26 heavy (non-hydrogen) atoms.